The van der Waals surface area contributed by atoms with Crippen molar-refractivity contribution in [2.24, 2.45) is 11.7 Å². The Morgan fingerprint density at radius 2 is 2.12 bits per heavy atom. The summed E-state index contributed by atoms with van der Waals surface area (Å²) in [5.74, 6) is -0.114. The van der Waals surface area contributed by atoms with E-state index in [1.165, 1.54) is 0 Å². The molecular formula is C12H23N3O2. The van der Waals surface area contributed by atoms with Gasteiger partial charge >= 0.3 is 0 Å². The van der Waals surface area contributed by atoms with Crippen molar-refractivity contribution in [1.29, 1.82) is 0 Å². The first-order valence-electron chi connectivity index (χ1n) is 6.26. The van der Waals surface area contributed by atoms with Gasteiger partial charge in [0, 0.05) is 13.6 Å². The molecule has 0 spiro atoms. The van der Waals surface area contributed by atoms with Crippen LogP contribution >= 0.6 is 0 Å². The molecule has 1 heterocycles. The van der Waals surface area contributed by atoms with Gasteiger partial charge < -0.3 is 16.0 Å². The Kier molecular flexibility index (Phi) is 4.93. The number of likely N-dealkylation sites (N-methyl/N-ethyl adjacent to an activating group) is 1. The molecule has 1 fully saturated rings. The summed E-state index contributed by atoms with van der Waals surface area (Å²) in [6.45, 7) is 4.52. The molecule has 0 radical (unpaired) electrons. The highest BCUT2D eigenvalue weighted by atomic mass is 16.2. The van der Waals surface area contributed by atoms with E-state index in [1.54, 1.807) is 11.9 Å². The van der Waals surface area contributed by atoms with Crippen LogP contribution in [0.4, 0.5) is 0 Å². The van der Waals surface area contributed by atoms with Gasteiger partial charge in [-0.05, 0) is 25.2 Å². The van der Waals surface area contributed by atoms with Crippen molar-refractivity contribution >= 4 is 11.8 Å². The van der Waals surface area contributed by atoms with Crippen molar-refractivity contribution in [3.63, 3.8) is 0 Å². The number of carbonyl (C=O) groups excluding carboxylic acids is 2. The van der Waals surface area contributed by atoms with Gasteiger partial charge in [0.25, 0.3) is 0 Å². The number of likely N-dealkylation sites (tertiary alicyclic amines) is 1. The van der Waals surface area contributed by atoms with Gasteiger partial charge in [0.05, 0.1) is 6.04 Å². The number of hydrogen-bond donors (Lipinski definition) is 2. The van der Waals surface area contributed by atoms with E-state index in [9.17, 15) is 9.59 Å². The van der Waals surface area contributed by atoms with Crippen molar-refractivity contribution in [3.8, 4) is 0 Å². The highest BCUT2D eigenvalue weighted by Gasteiger charge is 2.34. The molecule has 0 bridgehead atoms. The second-order valence-corrected chi connectivity index (χ2v) is 4.94. The fourth-order valence-electron chi connectivity index (χ4n) is 2.32. The molecule has 1 rings (SSSR count). The number of amides is 2. The molecule has 1 aliphatic heterocycles. The predicted octanol–water partition coefficient (Wildman–Crippen LogP) is 0.0968. The summed E-state index contributed by atoms with van der Waals surface area (Å²) in [5, 5.41) is 2.63. The Bertz CT molecular complexity index is 291. The van der Waals surface area contributed by atoms with E-state index in [4.69, 9.17) is 5.73 Å². The first-order valence-corrected chi connectivity index (χ1v) is 6.26. The van der Waals surface area contributed by atoms with Crippen LogP contribution in [0.5, 0.6) is 0 Å². The Hall–Kier alpha value is -1.10. The van der Waals surface area contributed by atoms with E-state index >= 15 is 0 Å². The monoisotopic (exact) mass is 241 g/mol. The van der Waals surface area contributed by atoms with Crippen LogP contribution in [0, 0.1) is 5.92 Å². The van der Waals surface area contributed by atoms with E-state index in [2.05, 4.69) is 5.32 Å². The topological polar surface area (TPSA) is 75.4 Å². The van der Waals surface area contributed by atoms with E-state index in [0.29, 0.717) is 13.0 Å². The maximum absolute atomic E-state index is 12.1. The average molecular weight is 241 g/mol. The van der Waals surface area contributed by atoms with Crippen LogP contribution in [-0.2, 0) is 9.59 Å². The highest BCUT2D eigenvalue weighted by Crippen LogP contribution is 2.18. The second kappa shape index (κ2) is 6.00. The fraction of sp³-hybridized carbons (Fsp3) is 0.833. The largest absolute Gasteiger partial charge is 0.357 e. The third-order valence-electron chi connectivity index (χ3n) is 3.25. The highest BCUT2D eigenvalue weighted by molar-refractivity contribution is 5.90. The predicted molar refractivity (Wildman–Crippen MR) is 66.2 cm³/mol. The summed E-state index contributed by atoms with van der Waals surface area (Å²) in [7, 11) is 1.60. The van der Waals surface area contributed by atoms with E-state index < -0.39 is 12.1 Å². The van der Waals surface area contributed by atoms with Crippen LogP contribution in [0.1, 0.15) is 33.1 Å². The van der Waals surface area contributed by atoms with E-state index in [1.807, 2.05) is 13.8 Å². The molecule has 3 N–H and O–H groups in total. The molecule has 0 aromatic heterocycles. The van der Waals surface area contributed by atoms with Gasteiger partial charge in [-0.25, -0.2) is 0 Å². The summed E-state index contributed by atoms with van der Waals surface area (Å²) in [6, 6.07) is -0.861. The van der Waals surface area contributed by atoms with Crippen LogP contribution in [0.3, 0.4) is 0 Å². The normalized spacial score (nSPS) is 23.5. The number of rotatable bonds is 3. The molecule has 1 aliphatic rings. The Balaban J connectivity index is 2.91. The molecule has 2 atom stereocenters. The summed E-state index contributed by atoms with van der Waals surface area (Å²) < 4.78 is 0. The summed E-state index contributed by atoms with van der Waals surface area (Å²) >= 11 is 0. The number of hydrogen-bond acceptors (Lipinski definition) is 3. The van der Waals surface area contributed by atoms with Crippen molar-refractivity contribution in [3.05, 3.63) is 0 Å². The van der Waals surface area contributed by atoms with Crippen molar-refractivity contribution < 1.29 is 9.59 Å². The number of nitrogens with two attached hydrogens (primary N) is 1. The van der Waals surface area contributed by atoms with Crippen LogP contribution < -0.4 is 11.1 Å². The molecule has 0 aromatic carbocycles. The van der Waals surface area contributed by atoms with Gasteiger partial charge in [0.2, 0.25) is 11.8 Å². The molecule has 5 nitrogen and oxygen atoms in total. The van der Waals surface area contributed by atoms with E-state index in [-0.39, 0.29) is 17.7 Å². The zero-order valence-corrected chi connectivity index (χ0v) is 10.9. The SMILES string of the molecule is CNC(=O)C(C(C)C)N1CCCCC(N)C1=O. The number of carbonyl (C=O) groups is 2. The van der Waals surface area contributed by atoms with Gasteiger partial charge in [-0.2, -0.15) is 0 Å². The second-order valence-electron chi connectivity index (χ2n) is 4.94. The quantitative estimate of drug-likeness (QED) is 0.735. The molecule has 0 aliphatic carbocycles. The van der Waals surface area contributed by atoms with Crippen LogP contribution in [-0.4, -0.2) is 42.4 Å². The van der Waals surface area contributed by atoms with Crippen molar-refractivity contribution in [2.75, 3.05) is 13.6 Å². The molecule has 98 valence electrons. The summed E-state index contributed by atoms with van der Waals surface area (Å²) in [6.07, 6.45) is 2.58. The van der Waals surface area contributed by atoms with Gasteiger partial charge in [0.15, 0.2) is 0 Å². The minimum atomic E-state index is -0.455. The van der Waals surface area contributed by atoms with Gasteiger partial charge in [0.1, 0.15) is 6.04 Å². The van der Waals surface area contributed by atoms with Crippen molar-refractivity contribution in [2.45, 2.75) is 45.2 Å². The molecule has 2 amide bonds. The Morgan fingerprint density at radius 1 is 1.47 bits per heavy atom. The van der Waals surface area contributed by atoms with Gasteiger partial charge in [-0.3, -0.25) is 9.59 Å². The first kappa shape index (κ1) is 14.0. The maximum Gasteiger partial charge on any atom is 0.242 e. The minimum absolute atomic E-state index is 0.0872. The smallest absolute Gasteiger partial charge is 0.242 e. The third-order valence-corrected chi connectivity index (χ3v) is 3.25. The molecular weight excluding hydrogens is 218 g/mol. The van der Waals surface area contributed by atoms with Gasteiger partial charge in [-0.1, -0.05) is 13.8 Å². The van der Waals surface area contributed by atoms with Crippen LogP contribution in [0.25, 0.3) is 0 Å². The molecule has 1 saturated heterocycles. The average Bonchev–Trinajstić information content (AvgIpc) is 2.44. The third kappa shape index (κ3) is 3.19. The molecule has 0 aromatic rings. The molecule has 17 heavy (non-hydrogen) atoms. The van der Waals surface area contributed by atoms with Crippen molar-refractivity contribution in [1.82, 2.24) is 10.2 Å². The lowest BCUT2D eigenvalue weighted by Crippen LogP contribution is -2.55. The number of nitrogens with one attached hydrogen (secondary N) is 1. The van der Waals surface area contributed by atoms with E-state index in [0.717, 1.165) is 12.8 Å². The summed E-state index contributed by atoms with van der Waals surface area (Å²) in [4.78, 5) is 25.7. The lowest BCUT2D eigenvalue weighted by molar-refractivity contribution is -0.142. The zero-order chi connectivity index (χ0) is 13.0. The van der Waals surface area contributed by atoms with Crippen LogP contribution in [0.2, 0.25) is 0 Å². The van der Waals surface area contributed by atoms with Gasteiger partial charge in [-0.15, -0.1) is 0 Å². The molecule has 0 saturated carbocycles. The standard InChI is InChI=1S/C12H23N3O2/c1-8(2)10(11(16)14-3)15-7-5-4-6-9(13)12(15)17/h8-10H,4-7,13H2,1-3H3,(H,14,16). The summed E-state index contributed by atoms with van der Waals surface area (Å²) in [5.41, 5.74) is 5.83. The maximum atomic E-state index is 12.1. The number of nitrogens with zero attached hydrogens (tertiary/aromatic N) is 1. The zero-order valence-electron chi connectivity index (χ0n) is 10.9. The Morgan fingerprint density at radius 3 is 2.65 bits per heavy atom. The molecule has 5 heteroatoms. The fourth-order valence-corrected chi connectivity index (χ4v) is 2.32. The van der Waals surface area contributed by atoms with Crippen LogP contribution in [0.15, 0.2) is 0 Å². The lowest BCUT2D eigenvalue weighted by Gasteiger charge is -2.33. The minimum Gasteiger partial charge on any atom is -0.357 e. The molecule has 2 unspecified atom stereocenters. The Labute approximate surface area is 103 Å². The first-order chi connectivity index (χ1) is 7.99. The lowest BCUT2D eigenvalue weighted by atomic mass is 10.0.